The SMILES string of the molecule is [C-]#[N+]c1cccc(-c2cc(-c3nc(-c4ccccc4)nc(-c4ccccc4)n3)cc(-c3cccc(C#N)c3)c2-n2c3ccccc3c3cc(-c4ccc(C)cc4C(F)(F)F)ccc32)c1. The van der Waals surface area contributed by atoms with Gasteiger partial charge in [0.1, 0.15) is 0 Å². The molecule has 10 aromatic rings. The smallest absolute Gasteiger partial charge is 0.308 e. The van der Waals surface area contributed by atoms with Crippen molar-refractivity contribution in [2.75, 3.05) is 0 Å². The molecule has 0 aliphatic carbocycles. The van der Waals surface area contributed by atoms with Crippen LogP contribution in [0.3, 0.4) is 0 Å². The highest BCUT2D eigenvalue weighted by Crippen LogP contribution is 2.46. The minimum atomic E-state index is -4.56. The van der Waals surface area contributed by atoms with E-state index in [0.717, 1.165) is 60.9 Å². The Morgan fingerprint density at radius 2 is 1.08 bits per heavy atom. The van der Waals surface area contributed by atoms with Gasteiger partial charge in [-0.2, -0.15) is 18.4 Å². The zero-order valence-corrected chi connectivity index (χ0v) is 34.1. The van der Waals surface area contributed by atoms with E-state index >= 15 is 0 Å². The van der Waals surface area contributed by atoms with Crippen molar-refractivity contribution in [3.05, 3.63) is 210 Å². The average Bonchev–Trinajstić information content (AvgIpc) is 3.67. The molecule has 0 aliphatic rings. The fourth-order valence-electron chi connectivity index (χ4n) is 8.41. The third kappa shape index (κ3) is 7.21. The molecule has 0 N–H and O–H groups in total. The highest BCUT2D eigenvalue weighted by Gasteiger charge is 2.34. The van der Waals surface area contributed by atoms with Crippen LogP contribution in [-0.2, 0) is 6.18 Å². The van der Waals surface area contributed by atoms with Crippen molar-refractivity contribution in [2.24, 2.45) is 0 Å². The van der Waals surface area contributed by atoms with Crippen molar-refractivity contribution >= 4 is 27.5 Å². The van der Waals surface area contributed by atoms with Crippen LogP contribution in [0, 0.1) is 24.8 Å². The van der Waals surface area contributed by atoms with Crippen LogP contribution in [0.1, 0.15) is 16.7 Å². The van der Waals surface area contributed by atoms with Crippen LogP contribution in [0.4, 0.5) is 18.9 Å². The number of hydrogen-bond donors (Lipinski definition) is 0. The first-order valence-corrected chi connectivity index (χ1v) is 20.4. The lowest BCUT2D eigenvalue weighted by Gasteiger charge is -2.21. The van der Waals surface area contributed by atoms with Gasteiger partial charge in [0.05, 0.1) is 40.5 Å². The van der Waals surface area contributed by atoms with Gasteiger partial charge in [-0.25, -0.2) is 19.8 Å². The molecule has 0 radical (unpaired) electrons. The summed E-state index contributed by atoms with van der Waals surface area (Å²) in [4.78, 5) is 18.9. The summed E-state index contributed by atoms with van der Waals surface area (Å²) in [5.74, 6) is 1.38. The third-order valence-corrected chi connectivity index (χ3v) is 11.3. The van der Waals surface area contributed by atoms with E-state index in [4.69, 9.17) is 21.5 Å². The van der Waals surface area contributed by atoms with E-state index < -0.39 is 11.7 Å². The number of alkyl halides is 3. The highest BCUT2D eigenvalue weighted by molar-refractivity contribution is 6.12. The average molecular weight is 835 g/mol. The summed E-state index contributed by atoms with van der Waals surface area (Å²) in [7, 11) is 0. The molecular weight excluding hydrogens is 802 g/mol. The van der Waals surface area contributed by atoms with Gasteiger partial charge < -0.3 is 4.57 Å². The number of hydrogen-bond acceptors (Lipinski definition) is 4. The largest absolute Gasteiger partial charge is 0.417 e. The van der Waals surface area contributed by atoms with Gasteiger partial charge >= 0.3 is 6.18 Å². The Morgan fingerprint density at radius 3 is 1.72 bits per heavy atom. The zero-order chi connectivity index (χ0) is 44.0. The number of para-hydroxylation sites is 1. The van der Waals surface area contributed by atoms with Crippen LogP contribution in [0.25, 0.3) is 99.9 Å². The van der Waals surface area contributed by atoms with Crippen LogP contribution in [0.2, 0.25) is 0 Å². The molecule has 10 rings (SSSR count). The maximum absolute atomic E-state index is 14.5. The lowest BCUT2D eigenvalue weighted by molar-refractivity contribution is -0.137. The Balaban J connectivity index is 1.32. The molecule has 9 heteroatoms. The van der Waals surface area contributed by atoms with Gasteiger partial charge in [0.15, 0.2) is 23.2 Å². The first-order valence-electron chi connectivity index (χ1n) is 20.4. The van der Waals surface area contributed by atoms with Crippen LogP contribution < -0.4 is 0 Å². The molecular formula is C55H33F3N6. The zero-order valence-electron chi connectivity index (χ0n) is 34.1. The molecule has 0 aliphatic heterocycles. The molecule has 0 bridgehead atoms. The highest BCUT2D eigenvalue weighted by atomic mass is 19.4. The van der Waals surface area contributed by atoms with Gasteiger partial charge in [-0.05, 0) is 83.8 Å². The van der Waals surface area contributed by atoms with Crippen molar-refractivity contribution < 1.29 is 13.2 Å². The first-order chi connectivity index (χ1) is 31.2. The summed E-state index contributed by atoms with van der Waals surface area (Å²) in [5, 5.41) is 11.8. The van der Waals surface area contributed by atoms with E-state index in [1.807, 2.05) is 146 Å². The molecule has 64 heavy (non-hydrogen) atoms. The number of rotatable bonds is 7. The predicted octanol–water partition coefficient (Wildman–Crippen LogP) is 14.7. The normalized spacial score (nSPS) is 11.4. The monoisotopic (exact) mass is 834 g/mol. The van der Waals surface area contributed by atoms with Crippen molar-refractivity contribution in [2.45, 2.75) is 13.1 Å². The van der Waals surface area contributed by atoms with E-state index in [1.54, 1.807) is 31.2 Å². The summed E-state index contributed by atoms with van der Waals surface area (Å²) in [6.45, 7) is 9.62. The molecule has 0 spiro atoms. The topological polar surface area (TPSA) is 71.8 Å². The van der Waals surface area contributed by atoms with Crippen molar-refractivity contribution in [3.63, 3.8) is 0 Å². The molecule has 8 aromatic carbocycles. The maximum atomic E-state index is 14.5. The Labute approximate surface area is 366 Å². The number of fused-ring (bicyclic) bond motifs is 3. The van der Waals surface area contributed by atoms with E-state index in [1.165, 1.54) is 12.1 Å². The molecule has 0 unspecified atom stereocenters. The quantitative estimate of drug-likeness (QED) is 0.150. The second-order valence-electron chi connectivity index (χ2n) is 15.4. The molecule has 0 atom stereocenters. The summed E-state index contributed by atoms with van der Waals surface area (Å²) in [6.07, 6.45) is -4.56. The molecule has 0 fully saturated rings. The van der Waals surface area contributed by atoms with E-state index in [2.05, 4.69) is 15.5 Å². The van der Waals surface area contributed by atoms with Gasteiger partial charge in [0.25, 0.3) is 0 Å². The number of aryl methyl sites for hydroxylation is 1. The number of benzene rings is 8. The fraction of sp³-hybridized carbons (Fsp3) is 0.0364. The minimum Gasteiger partial charge on any atom is -0.308 e. The van der Waals surface area contributed by atoms with Crippen LogP contribution in [0.15, 0.2) is 182 Å². The lowest BCUT2D eigenvalue weighted by Crippen LogP contribution is -2.07. The van der Waals surface area contributed by atoms with Crippen LogP contribution in [-0.4, -0.2) is 19.5 Å². The van der Waals surface area contributed by atoms with Crippen molar-refractivity contribution in [1.29, 1.82) is 5.26 Å². The van der Waals surface area contributed by atoms with Crippen LogP contribution >= 0.6 is 0 Å². The summed E-state index contributed by atoms with van der Waals surface area (Å²) < 4.78 is 45.8. The number of nitrogens with zero attached hydrogens (tertiary/aromatic N) is 6. The molecule has 0 saturated carbocycles. The van der Waals surface area contributed by atoms with Gasteiger partial charge in [-0.3, -0.25) is 0 Å². The number of nitriles is 1. The fourth-order valence-corrected chi connectivity index (χ4v) is 8.41. The first kappa shape index (κ1) is 39.5. The standard InChI is InChI=1S/C55H33F3N6/c1-34-23-25-43(48(27-34)55(56,57)58)40-24-26-50-47(30-40)44-21-9-10-22-49(44)64(50)51-45(38-18-11-13-35(28-38)33-59)31-41(32-46(51)39-19-12-20-42(29-39)60-2)54-62-52(36-14-5-3-6-15-36)61-53(63-54)37-16-7-4-8-17-37/h3-32H,1H3. The Hall–Kier alpha value is -8.66. The molecule has 2 heterocycles. The summed E-state index contributed by atoms with van der Waals surface area (Å²) in [6, 6.07) is 58.2. The second kappa shape index (κ2) is 16.0. The van der Waals surface area contributed by atoms with Gasteiger partial charge in [0, 0.05) is 38.6 Å². The maximum Gasteiger partial charge on any atom is 0.417 e. The number of halogens is 3. The molecule has 6 nitrogen and oxygen atoms in total. The van der Waals surface area contributed by atoms with E-state index in [0.29, 0.717) is 45.4 Å². The molecule has 0 saturated heterocycles. The van der Waals surface area contributed by atoms with Crippen LogP contribution in [0.5, 0.6) is 0 Å². The molecule has 304 valence electrons. The van der Waals surface area contributed by atoms with Crippen molar-refractivity contribution in [1.82, 2.24) is 19.5 Å². The second-order valence-corrected chi connectivity index (χ2v) is 15.4. The Morgan fingerprint density at radius 1 is 0.516 bits per heavy atom. The minimum absolute atomic E-state index is 0.0916. The van der Waals surface area contributed by atoms with Gasteiger partial charge in [-0.1, -0.05) is 133 Å². The Kier molecular flexibility index (Phi) is 9.86. The summed E-state index contributed by atoms with van der Waals surface area (Å²) >= 11 is 0. The van der Waals surface area contributed by atoms with Gasteiger partial charge in [-0.15, -0.1) is 0 Å². The Bertz CT molecular complexity index is 3390. The third-order valence-electron chi connectivity index (χ3n) is 11.3. The van der Waals surface area contributed by atoms with Gasteiger partial charge in [0.2, 0.25) is 0 Å². The van der Waals surface area contributed by atoms with E-state index in [9.17, 15) is 18.4 Å². The van der Waals surface area contributed by atoms with E-state index in [-0.39, 0.29) is 5.56 Å². The lowest BCUT2D eigenvalue weighted by atomic mass is 9.91. The molecule has 2 aromatic heterocycles. The van der Waals surface area contributed by atoms with Crippen molar-refractivity contribution in [3.8, 4) is 79.3 Å². The summed E-state index contributed by atoms with van der Waals surface area (Å²) in [5.41, 5.74) is 8.72. The predicted molar refractivity (Wildman–Crippen MR) is 247 cm³/mol. The molecule has 0 amide bonds. The number of aromatic nitrogens is 4.